The molecular weight excluding hydrogens is 564 g/mol. The third-order valence-corrected chi connectivity index (χ3v) is 5.20. The van der Waals surface area contributed by atoms with Gasteiger partial charge in [0.1, 0.15) is 12.3 Å². The van der Waals surface area contributed by atoms with Crippen molar-refractivity contribution in [1.29, 1.82) is 0 Å². The van der Waals surface area contributed by atoms with Crippen molar-refractivity contribution in [3.05, 3.63) is 60.7 Å². The molecule has 2 rings (SSSR count). The standard InChI is InChI=1S/C29H34N4O10/c1-18(34)39-17-26(40-19(2)35)28(42-21(4)37)29(43-22(5)38)27(41-20(3)36)25(33-32-24-14-10-7-11-15-24)16-30-31-23-12-8-6-9-13-23/h6-16,26-29,31-32H,17H2,1-5H3/b30-16-,33-25+. The number of nitrogens with one attached hydrogen (secondary N) is 2. The normalized spacial score (nSPS) is 13.9. The maximum absolute atomic E-state index is 12.4. The Bertz CT molecular complexity index is 1300. The molecule has 14 nitrogen and oxygen atoms in total. The molecule has 4 atom stereocenters. The van der Waals surface area contributed by atoms with Crippen molar-refractivity contribution in [2.75, 3.05) is 17.5 Å². The summed E-state index contributed by atoms with van der Waals surface area (Å²) in [4.78, 5) is 60.5. The summed E-state index contributed by atoms with van der Waals surface area (Å²) in [6, 6.07) is 17.6. The van der Waals surface area contributed by atoms with Crippen LogP contribution in [0.3, 0.4) is 0 Å². The van der Waals surface area contributed by atoms with Gasteiger partial charge in [-0.1, -0.05) is 36.4 Å². The summed E-state index contributed by atoms with van der Waals surface area (Å²) in [6.07, 6.45) is -5.21. The van der Waals surface area contributed by atoms with Gasteiger partial charge in [0.2, 0.25) is 0 Å². The highest BCUT2D eigenvalue weighted by atomic mass is 16.6. The zero-order valence-electron chi connectivity index (χ0n) is 24.3. The molecule has 0 saturated heterocycles. The van der Waals surface area contributed by atoms with E-state index in [1.165, 1.54) is 6.21 Å². The van der Waals surface area contributed by atoms with Crippen LogP contribution in [0.15, 0.2) is 70.9 Å². The highest BCUT2D eigenvalue weighted by Gasteiger charge is 2.45. The molecule has 0 aliphatic carbocycles. The SMILES string of the molecule is CC(=O)OCC(OC(C)=O)C(OC(C)=O)C(OC(C)=O)C(OC(C)=O)C(/C=N\Nc1ccccc1)=N/Nc1ccccc1. The number of ether oxygens (including phenoxy) is 5. The maximum Gasteiger partial charge on any atom is 0.303 e. The Kier molecular flexibility index (Phi) is 13.8. The molecular formula is C29H34N4O10. The number of anilines is 2. The average Bonchev–Trinajstić information content (AvgIpc) is 2.94. The Morgan fingerprint density at radius 1 is 0.651 bits per heavy atom. The zero-order chi connectivity index (χ0) is 31.8. The van der Waals surface area contributed by atoms with E-state index < -0.39 is 60.9 Å². The van der Waals surface area contributed by atoms with Crippen LogP contribution in [0.4, 0.5) is 11.4 Å². The number of esters is 5. The van der Waals surface area contributed by atoms with Crippen molar-refractivity contribution in [1.82, 2.24) is 0 Å². The first-order valence-corrected chi connectivity index (χ1v) is 13.0. The Labute approximate surface area is 248 Å². The highest BCUT2D eigenvalue weighted by Crippen LogP contribution is 2.22. The monoisotopic (exact) mass is 598 g/mol. The summed E-state index contributed by atoms with van der Waals surface area (Å²) in [7, 11) is 0. The number of carbonyl (C=O) groups is 5. The topological polar surface area (TPSA) is 180 Å². The fourth-order valence-electron chi connectivity index (χ4n) is 3.62. The van der Waals surface area contributed by atoms with Crippen LogP contribution in [0.5, 0.6) is 0 Å². The van der Waals surface area contributed by atoms with Crippen LogP contribution in [0, 0.1) is 0 Å². The minimum Gasteiger partial charge on any atom is -0.462 e. The van der Waals surface area contributed by atoms with Crippen LogP contribution in [-0.2, 0) is 47.7 Å². The summed E-state index contributed by atoms with van der Waals surface area (Å²) in [5.41, 5.74) is 6.66. The van der Waals surface area contributed by atoms with Crippen molar-refractivity contribution in [3.8, 4) is 0 Å². The molecule has 0 saturated carbocycles. The van der Waals surface area contributed by atoms with Gasteiger partial charge in [-0.3, -0.25) is 34.8 Å². The third kappa shape index (κ3) is 12.8. The van der Waals surface area contributed by atoms with Gasteiger partial charge in [-0.05, 0) is 24.3 Å². The van der Waals surface area contributed by atoms with Gasteiger partial charge in [0.25, 0.3) is 0 Å². The first-order valence-electron chi connectivity index (χ1n) is 13.0. The van der Waals surface area contributed by atoms with E-state index in [1.54, 1.807) is 54.6 Å². The number of carbonyl (C=O) groups excluding carboxylic acids is 5. The summed E-state index contributed by atoms with van der Waals surface area (Å²) < 4.78 is 26.9. The number of benzene rings is 2. The van der Waals surface area contributed by atoms with Gasteiger partial charge in [-0.15, -0.1) is 0 Å². The van der Waals surface area contributed by atoms with E-state index in [1.807, 2.05) is 6.07 Å². The Morgan fingerprint density at radius 2 is 1.14 bits per heavy atom. The molecule has 0 bridgehead atoms. The molecule has 4 unspecified atom stereocenters. The number of hydrogen-bond acceptors (Lipinski definition) is 14. The Hall–Kier alpha value is -5.27. The van der Waals surface area contributed by atoms with Crippen LogP contribution in [0.2, 0.25) is 0 Å². The minimum atomic E-state index is -1.68. The van der Waals surface area contributed by atoms with Crippen LogP contribution in [-0.4, -0.2) is 72.8 Å². The molecule has 230 valence electrons. The highest BCUT2D eigenvalue weighted by molar-refractivity contribution is 6.33. The molecule has 0 spiro atoms. The molecule has 2 N–H and O–H groups in total. The first-order chi connectivity index (χ1) is 20.5. The van der Waals surface area contributed by atoms with Gasteiger partial charge < -0.3 is 23.7 Å². The first kappa shape index (κ1) is 33.9. The van der Waals surface area contributed by atoms with Gasteiger partial charge >= 0.3 is 29.8 Å². The molecule has 2 aromatic rings. The minimum absolute atomic E-state index is 0.111. The Balaban J connectivity index is 2.69. The van der Waals surface area contributed by atoms with Crippen molar-refractivity contribution >= 4 is 53.1 Å². The molecule has 0 heterocycles. The molecule has 0 radical (unpaired) electrons. The number of hydrazone groups is 2. The molecule has 14 heteroatoms. The van der Waals surface area contributed by atoms with Crippen LogP contribution >= 0.6 is 0 Å². The van der Waals surface area contributed by atoms with E-state index in [9.17, 15) is 24.0 Å². The smallest absolute Gasteiger partial charge is 0.303 e. The van der Waals surface area contributed by atoms with Gasteiger partial charge in [0, 0.05) is 34.6 Å². The van der Waals surface area contributed by atoms with Gasteiger partial charge in [0.05, 0.1) is 17.6 Å². The van der Waals surface area contributed by atoms with Gasteiger partial charge in [-0.25, -0.2) is 0 Å². The fourth-order valence-corrected chi connectivity index (χ4v) is 3.62. The molecule has 2 aromatic carbocycles. The largest absolute Gasteiger partial charge is 0.462 e. The predicted molar refractivity (Wildman–Crippen MR) is 155 cm³/mol. The molecule has 0 aliphatic heterocycles. The number of hydrogen-bond donors (Lipinski definition) is 2. The number of nitrogens with zero attached hydrogens (tertiary/aromatic N) is 2. The molecule has 43 heavy (non-hydrogen) atoms. The van der Waals surface area contributed by atoms with Crippen molar-refractivity contribution in [2.45, 2.75) is 59.0 Å². The molecule has 0 amide bonds. The summed E-state index contributed by atoms with van der Waals surface area (Å²) in [6.45, 7) is 4.84. The summed E-state index contributed by atoms with van der Waals surface area (Å²) >= 11 is 0. The molecule has 0 aliphatic rings. The lowest BCUT2D eigenvalue weighted by Gasteiger charge is -2.35. The van der Waals surface area contributed by atoms with Gasteiger partial charge in [0.15, 0.2) is 24.4 Å². The lowest BCUT2D eigenvalue weighted by atomic mass is 9.98. The number of para-hydroxylation sites is 2. The average molecular weight is 599 g/mol. The lowest BCUT2D eigenvalue weighted by molar-refractivity contribution is -0.197. The fraction of sp³-hybridized carbons (Fsp3) is 0.345. The van der Waals surface area contributed by atoms with E-state index in [-0.39, 0.29) is 5.71 Å². The van der Waals surface area contributed by atoms with E-state index in [0.29, 0.717) is 11.4 Å². The van der Waals surface area contributed by atoms with Crippen molar-refractivity contribution < 1.29 is 47.7 Å². The van der Waals surface area contributed by atoms with Crippen molar-refractivity contribution in [2.24, 2.45) is 10.2 Å². The molecule has 0 fully saturated rings. The van der Waals surface area contributed by atoms with E-state index in [2.05, 4.69) is 21.1 Å². The van der Waals surface area contributed by atoms with E-state index in [4.69, 9.17) is 23.7 Å². The van der Waals surface area contributed by atoms with E-state index >= 15 is 0 Å². The number of rotatable bonds is 15. The quantitative estimate of drug-likeness (QED) is 0.133. The zero-order valence-corrected chi connectivity index (χ0v) is 24.3. The van der Waals surface area contributed by atoms with E-state index in [0.717, 1.165) is 34.6 Å². The van der Waals surface area contributed by atoms with Crippen molar-refractivity contribution in [3.63, 3.8) is 0 Å². The van der Waals surface area contributed by atoms with Crippen LogP contribution in [0.25, 0.3) is 0 Å². The Morgan fingerprint density at radius 3 is 1.63 bits per heavy atom. The lowest BCUT2D eigenvalue weighted by Crippen LogP contribution is -2.55. The second kappa shape index (κ2) is 17.5. The summed E-state index contributed by atoms with van der Waals surface area (Å²) in [5, 5.41) is 8.51. The second-order valence-electron chi connectivity index (χ2n) is 8.88. The second-order valence-corrected chi connectivity index (χ2v) is 8.88. The van der Waals surface area contributed by atoms with Crippen LogP contribution < -0.4 is 10.9 Å². The van der Waals surface area contributed by atoms with Gasteiger partial charge in [-0.2, -0.15) is 10.2 Å². The molecule has 0 aromatic heterocycles. The maximum atomic E-state index is 12.4. The summed E-state index contributed by atoms with van der Waals surface area (Å²) in [5.74, 6) is -4.13. The van der Waals surface area contributed by atoms with Crippen LogP contribution in [0.1, 0.15) is 34.6 Å². The third-order valence-electron chi connectivity index (χ3n) is 5.20. The predicted octanol–water partition coefficient (Wildman–Crippen LogP) is 2.84.